The average molecular weight is 322 g/mol. The number of hydrogen-bond donors (Lipinski definition) is 1. The summed E-state index contributed by atoms with van der Waals surface area (Å²) in [6.07, 6.45) is 1.18. The molecule has 4 rings (SSSR count). The van der Waals surface area contributed by atoms with Gasteiger partial charge in [0.05, 0.1) is 7.11 Å². The summed E-state index contributed by atoms with van der Waals surface area (Å²) in [5, 5.41) is 3.60. The predicted octanol–water partition coefficient (Wildman–Crippen LogP) is 3.06. The summed E-state index contributed by atoms with van der Waals surface area (Å²) in [5.74, 6) is 2.21. The predicted molar refractivity (Wildman–Crippen MR) is 97.5 cm³/mol. The Labute approximate surface area is 144 Å². The Morgan fingerprint density at radius 3 is 2.83 bits per heavy atom. The van der Waals surface area contributed by atoms with Crippen LogP contribution in [0, 0.1) is 5.92 Å². The molecule has 24 heavy (non-hydrogen) atoms. The van der Waals surface area contributed by atoms with Crippen LogP contribution < -0.4 is 10.1 Å². The normalized spacial score (nSPS) is 23.9. The monoisotopic (exact) mass is 322 g/mol. The van der Waals surface area contributed by atoms with E-state index in [-0.39, 0.29) is 0 Å². The fraction of sp³-hybridized carbons (Fsp3) is 0.429. The molecule has 3 nitrogen and oxygen atoms in total. The molecule has 0 aromatic heterocycles. The second-order valence-electron chi connectivity index (χ2n) is 7.06. The van der Waals surface area contributed by atoms with Gasteiger partial charge < -0.3 is 10.1 Å². The van der Waals surface area contributed by atoms with E-state index in [4.69, 9.17) is 4.74 Å². The highest BCUT2D eigenvalue weighted by Crippen LogP contribution is 2.31. The van der Waals surface area contributed by atoms with Crippen molar-refractivity contribution in [2.75, 3.05) is 33.3 Å². The number of nitrogens with one attached hydrogen (secondary N) is 1. The highest BCUT2D eigenvalue weighted by molar-refractivity contribution is 5.32. The molecule has 126 valence electrons. The number of fused-ring (bicyclic) bond motifs is 1. The molecule has 2 aliphatic rings. The minimum absolute atomic E-state index is 0.581. The minimum atomic E-state index is 0.581. The van der Waals surface area contributed by atoms with Crippen LogP contribution in [0.5, 0.6) is 5.75 Å². The highest BCUT2D eigenvalue weighted by Gasteiger charge is 2.31. The Morgan fingerprint density at radius 2 is 1.96 bits per heavy atom. The van der Waals surface area contributed by atoms with Gasteiger partial charge in [-0.1, -0.05) is 36.4 Å². The third-order valence-corrected chi connectivity index (χ3v) is 5.56. The van der Waals surface area contributed by atoms with Gasteiger partial charge in [0.15, 0.2) is 0 Å². The van der Waals surface area contributed by atoms with E-state index >= 15 is 0 Å². The molecule has 2 aromatic rings. The SMILES string of the molecule is COc1cccc(C2CNCC2CN2CCc3ccccc3C2)c1. The molecule has 0 bridgehead atoms. The van der Waals surface area contributed by atoms with Crippen molar-refractivity contribution in [2.45, 2.75) is 18.9 Å². The maximum atomic E-state index is 5.41. The Morgan fingerprint density at radius 1 is 1.08 bits per heavy atom. The molecule has 0 aliphatic carbocycles. The third-order valence-electron chi connectivity index (χ3n) is 5.56. The fourth-order valence-electron chi connectivity index (χ4n) is 4.23. The van der Waals surface area contributed by atoms with E-state index in [0.29, 0.717) is 11.8 Å². The van der Waals surface area contributed by atoms with Crippen LogP contribution in [0.1, 0.15) is 22.6 Å². The van der Waals surface area contributed by atoms with Gasteiger partial charge in [-0.15, -0.1) is 0 Å². The number of benzene rings is 2. The lowest BCUT2D eigenvalue weighted by Gasteiger charge is -2.32. The van der Waals surface area contributed by atoms with E-state index in [1.165, 1.54) is 36.2 Å². The zero-order valence-corrected chi connectivity index (χ0v) is 14.4. The van der Waals surface area contributed by atoms with Crippen molar-refractivity contribution in [1.82, 2.24) is 10.2 Å². The molecule has 1 saturated heterocycles. The maximum absolute atomic E-state index is 5.41. The molecule has 3 heteroatoms. The molecule has 1 N–H and O–H groups in total. The third kappa shape index (κ3) is 3.19. The highest BCUT2D eigenvalue weighted by atomic mass is 16.5. The van der Waals surface area contributed by atoms with E-state index in [0.717, 1.165) is 25.4 Å². The van der Waals surface area contributed by atoms with Crippen molar-refractivity contribution in [3.63, 3.8) is 0 Å². The Balaban J connectivity index is 1.46. The zero-order chi connectivity index (χ0) is 16.4. The van der Waals surface area contributed by atoms with Crippen LogP contribution in [0.15, 0.2) is 48.5 Å². The Hall–Kier alpha value is -1.84. The van der Waals surface area contributed by atoms with Crippen molar-refractivity contribution < 1.29 is 4.74 Å². The van der Waals surface area contributed by atoms with Crippen LogP contribution >= 0.6 is 0 Å². The largest absolute Gasteiger partial charge is 0.497 e. The van der Waals surface area contributed by atoms with Crippen LogP contribution in [0.2, 0.25) is 0 Å². The second-order valence-corrected chi connectivity index (χ2v) is 7.06. The zero-order valence-electron chi connectivity index (χ0n) is 14.4. The standard InChI is InChI=1S/C21H26N2O/c1-24-20-8-4-7-17(11-20)21-13-22-12-19(21)15-23-10-9-16-5-2-3-6-18(16)14-23/h2-8,11,19,21-22H,9-10,12-15H2,1H3. The van der Waals surface area contributed by atoms with Crippen molar-refractivity contribution in [3.8, 4) is 5.75 Å². The summed E-state index contributed by atoms with van der Waals surface area (Å²) in [7, 11) is 1.74. The van der Waals surface area contributed by atoms with Gasteiger partial charge in [0.25, 0.3) is 0 Å². The van der Waals surface area contributed by atoms with Crippen LogP contribution in [-0.4, -0.2) is 38.2 Å². The summed E-state index contributed by atoms with van der Waals surface area (Å²) in [5.41, 5.74) is 4.44. The van der Waals surface area contributed by atoms with Gasteiger partial charge in [0.1, 0.15) is 5.75 Å². The summed E-state index contributed by atoms with van der Waals surface area (Å²) >= 11 is 0. The first-order valence-corrected chi connectivity index (χ1v) is 8.97. The molecule has 1 fully saturated rings. The van der Waals surface area contributed by atoms with Gasteiger partial charge >= 0.3 is 0 Å². The number of rotatable bonds is 4. The van der Waals surface area contributed by atoms with E-state index in [1.54, 1.807) is 7.11 Å². The van der Waals surface area contributed by atoms with Gasteiger partial charge in [-0.25, -0.2) is 0 Å². The number of hydrogen-bond acceptors (Lipinski definition) is 3. The van der Waals surface area contributed by atoms with Crippen molar-refractivity contribution >= 4 is 0 Å². The van der Waals surface area contributed by atoms with E-state index < -0.39 is 0 Å². The molecule has 2 aromatic carbocycles. The number of nitrogens with zero attached hydrogens (tertiary/aromatic N) is 1. The second kappa shape index (κ2) is 6.96. The molecular formula is C21H26N2O. The van der Waals surface area contributed by atoms with Crippen LogP contribution in [0.25, 0.3) is 0 Å². The molecule has 2 unspecified atom stereocenters. The van der Waals surface area contributed by atoms with Crippen LogP contribution in [0.3, 0.4) is 0 Å². The summed E-state index contributed by atoms with van der Waals surface area (Å²) < 4.78 is 5.41. The first-order valence-electron chi connectivity index (χ1n) is 8.97. The van der Waals surface area contributed by atoms with Crippen molar-refractivity contribution in [1.29, 1.82) is 0 Å². The molecule has 2 aliphatic heterocycles. The quantitative estimate of drug-likeness (QED) is 0.936. The summed E-state index contributed by atoms with van der Waals surface area (Å²) in [6, 6.07) is 17.5. The first kappa shape index (κ1) is 15.7. The van der Waals surface area contributed by atoms with Gasteiger partial charge in [0.2, 0.25) is 0 Å². The Bertz CT molecular complexity index is 700. The number of ether oxygens (including phenoxy) is 1. The first-order chi connectivity index (χ1) is 11.8. The molecule has 2 heterocycles. The van der Waals surface area contributed by atoms with Crippen LogP contribution in [0.4, 0.5) is 0 Å². The van der Waals surface area contributed by atoms with Gasteiger partial charge in [-0.05, 0) is 47.7 Å². The van der Waals surface area contributed by atoms with E-state index in [1.807, 2.05) is 6.07 Å². The lowest BCUT2D eigenvalue weighted by molar-refractivity contribution is 0.212. The summed E-state index contributed by atoms with van der Waals surface area (Å²) in [6.45, 7) is 5.63. The molecule has 0 spiro atoms. The van der Waals surface area contributed by atoms with Crippen molar-refractivity contribution in [2.24, 2.45) is 5.92 Å². The molecular weight excluding hydrogens is 296 g/mol. The van der Waals surface area contributed by atoms with Crippen LogP contribution in [-0.2, 0) is 13.0 Å². The topological polar surface area (TPSA) is 24.5 Å². The van der Waals surface area contributed by atoms with Gasteiger partial charge in [-0.2, -0.15) is 0 Å². The fourth-order valence-corrected chi connectivity index (χ4v) is 4.23. The lowest BCUT2D eigenvalue weighted by Crippen LogP contribution is -2.36. The number of methoxy groups -OCH3 is 1. The lowest BCUT2D eigenvalue weighted by atomic mass is 9.87. The average Bonchev–Trinajstić information content (AvgIpc) is 3.10. The smallest absolute Gasteiger partial charge is 0.119 e. The van der Waals surface area contributed by atoms with Gasteiger partial charge in [0, 0.05) is 32.1 Å². The molecule has 0 radical (unpaired) electrons. The van der Waals surface area contributed by atoms with E-state index in [2.05, 4.69) is 52.7 Å². The molecule has 0 amide bonds. The van der Waals surface area contributed by atoms with Gasteiger partial charge in [-0.3, -0.25) is 4.90 Å². The van der Waals surface area contributed by atoms with E-state index in [9.17, 15) is 0 Å². The maximum Gasteiger partial charge on any atom is 0.119 e. The molecule has 2 atom stereocenters. The minimum Gasteiger partial charge on any atom is -0.497 e. The molecule has 0 saturated carbocycles. The van der Waals surface area contributed by atoms with Crippen molar-refractivity contribution in [3.05, 3.63) is 65.2 Å². The Kier molecular flexibility index (Phi) is 4.54. The summed E-state index contributed by atoms with van der Waals surface area (Å²) in [4.78, 5) is 2.63.